The van der Waals surface area contributed by atoms with E-state index in [1.807, 2.05) is 0 Å². The summed E-state index contributed by atoms with van der Waals surface area (Å²) in [7, 11) is -5.50. The fourth-order valence-corrected chi connectivity index (χ4v) is 1.14. The van der Waals surface area contributed by atoms with Gasteiger partial charge in [-0.05, 0) is 4.53 Å². The Labute approximate surface area is 83.8 Å². The molecule has 0 aromatic carbocycles. The molecule has 0 aliphatic rings. The van der Waals surface area contributed by atoms with Gasteiger partial charge in [0.05, 0.1) is 0 Å². The van der Waals surface area contributed by atoms with Crippen LogP contribution in [-0.2, 0) is 18.3 Å². The van der Waals surface area contributed by atoms with E-state index in [-0.39, 0.29) is 0 Å². The second kappa shape index (κ2) is 5.30. The molecule has 0 fully saturated rings. The van der Waals surface area contributed by atoms with Gasteiger partial charge in [-0.3, -0.25) is 9.05 Å². The monoisotopic (exact) mass is 280 g/mol. The number of phosphoric acid groups is 1. The Hall–Kier alpha value is -0.380. The van der Waals surface area contributed by atoms with Gasteiger partial charge in [-0.2, -0.15) is 26.3 Å². The molecule has 98 valence electrons. The zero-order valence-corrected chi connectivity index (χ0v) is 8.03. The van der Waals surface area contributed by atoms with Crippen molar-refractivity contribution in [3.05, 3.63) is 0 Å². The van der Waals surface area contributed by atoms with Crippen LogP contribution in [-0.4, -0.2) is 25.6 Å². The minimum absolute atomic E-state index is 2.27. The van der Waals surface area contributed by atoms with Gasteiger partial charge in [0.25, 0.3) is 0 Å². The van der Waals surface area contributed by atoms with Crippen LogP contribution in [0.5, 0.6) is 0 Å². The van der Waals surface area contributed by atoms with Gasteiger partial charge < -0.3 is 0 Å². The van der Waals surface area contributed by atoms with Crippen LogP contribution in [0.15, 0.2) is 0 Å². The van der Waals surface area contributed by atoms with Crippen LogP contribution in [0.3, 0.4) is 0 Å². The Morgan fingerprint density at radius 3 is 1.38 bits per heavy atom. The van der Waals surface area contributed by atoms with Crippen LogP contribution in [0.2, 0.25) is 0 Å². The topological polar surface area (TPSA) is 44.8 Å². The molecule has 0 aliphatic heterocycles. The Morgan fingerprint density at radius 2 is 1.19 bits per heavy atom. The average Bonchev–Trinajstić information content (AvgIpc) is 2.09. The maximum atomic E-state index is 11.5. The summed E-state index contributed by atoms with van der Waals surface area (Å²) in [6.07, 6.45) is -10.0. The summed E-state index contributed by atoms with van der Waals surface area (Å²) in [5.41, 5.74) is 0. The predicted molar refractivity (Wildman–Crippen MR) is 33.8 cm³/mol. The van der Waals surface area contributed by atoms with E-state index >= 15 is 0 Å². The van der Waals surface area contributed by atoms with Crippen molar-refractivity contribution >= 4 is 7.82 Å². The molecule has 0 N–H and O–H groups in total. The van der Waals surface area contributed by atoms with E-state index in [9.17, 15) is 35.4 Å². The van der Waals surface area contributed by atoms with Crippen molar-refractivity contribution in [2.75, 3.05) is 13.2 Å². The molecule has 16 heavy (non-hydrogen) atoms. The first-order chi connectivity index (χ1) is 6.97. The van der Waals surface area contributed by atoms with Crippen molar-refractivity contribution in [2.45, 2.75) is 12.4 Å². The summed E-state index contributed by atoms with van der Waals surface area (Å²) >= 11 is 0. The zero-order valence-electron chi connectivity index (χ0n) is 7.14. The van der Waals surface area contributed by atoms with Crippen LogP contribution in [0.25, 0.3) is 0 Å². The Balaban J connectivity index is 4.28. The molecule has 4 nitrogen and oxygen atoms in total. The third kappa shape index (κ3) is 7.85. The summed E-state index contributed by atoms with van der Waals surface area (Å²) in [6, 6.07) is 0. The van der Waals surface area contributed by atoms with Gasteiger partial charge in [0, 0.05) is 0 Å². The van der Waals surface area contributed by atoms with Crippen LogP contribution < -0.4 is 0 Å². The molecule has 12 heteroatoms. The maximum absolute atomic E-state index is 11.5. The lowest BCUT2D eigenvalue weighted by molar-refractivity contribution is -0.179. The first kappa shape index (κ1) is 15.6. The molecular formula is C4H4F7O4P. The van der Waals surface area contributed by atoms with E-state index in [0.29, 0.717) is 0 Å². The molecular weight excluding hydrogens is 276 g/mol. The standard InChI is InChI=1S/C4H4F7O4P/c5-3(6,7)1-13-16(12,15-11)14-2-4(8,9)10/h1-2H2. The molecule has 0 saturated carbocycles. The zero-order chi connectivity index (χ0) is 13.0. The van der Waals surface area contributed by atoms with E-state index < -0.39 is 33.4 Å². The van der Waals surface area contributed by atoms with Gasteiger partial charge in [0.1, 0.15) is 0 Å². The van der Waals surface area contributed by atoms with Crippen molar-refractivity contribution in [2.24, 2.45) is 0 Å². The lowest BCUT2D eigenvalue weighted by atomic mass is 10.7. The fourth-order valence-electron chi connectivity index (χ4n) is 0.382. The van der Waals surface area contributed by atoms with Crippen molar-refractivity contribution in [3.63, 3.8) is 0 Å². The van der Waals surface area contributed by atoms with E-state index in [4.69, 9.17) is 0 Å². The number of phosphoric ester groups is 1. The normalized spacial score (nSPS) is 14.2. The molecule has 0 heterocycles. The molecule has 0 atom stereocenters. The van der Waals surface area contributed by atoms with Crippen molar-refractivity contribution in [3.8, 4) is 0 Å². The van der Waals surface area contributed by atoms with Gasteiger partial charge in [0.15, 0.2) is 13.2 Å². The summed E-state index contributed by atoms with van der Waals surface area (Å²) in [6.45, 7) is -4.54. The van der Waals surface area contributed by atoms with Gasteiger partial charge >= 0.3 is 20.2 Å². The van der Waals surface area contributed by atoms with Crippen LogP contribution in [0.4, 0.5) is 30.9 Å². The molecule has 0 bridgehead atoms. The van der Waals surface area contributed by atoms with E-state index in [0.717, 1.165) is 0 Å². The lowest BCUT2D eigenvalue weighted by Crippen LogP contribution is -2.19. The molecule has 0 unspecified atom stereocenters. The summed E-state index contributed by atoms with van der Waals surface area (Å²) in [5.74, 6) is 0. The van der Waals surface area contributed by atoms with Gasteiger partial charge in [-0.15, -0.1) is 0 Å². The minimum atomic E-state index is -5.50. The predicted octanol–water partition coefficient (Wildman–Crippen LogP) is 3.15. The highest BCUT2D eigenvalue weighted by Gasteiger charge is 2.40. The Morgan fingerprint density at radius 1 is 0.875 bits per heavy atom. The highest BCUT2D eigenvalue weighted by molar-refractivity contribution is 7.48. The SMILES string of the molecule is O=P(OF)(OCC(F)(F)F)OCC(F)(F)F. The third-order valence-corrected chi connectivity index (χ3v) is 1.92. The highest BCUT2D eigenvalue weighted by atomic mass is 31.2. The average molecular weight is 280 g/mol. The fraction of sp³-hybridized carbons (Fsp3) is 1.00. The minimum Gasteiger partial charge on any atom is -0.276 e. The second-order valence-electron chi connectivity index (χ2n) is 2.29. The molecule has 0 saturated heterocycles. The Kier molecular flexibility index (Phi) is 5.17. The quantitative estimate of drug-likeness (QED) is 0.573. The molecule has 0 spiro atoms. The van der Waals surface area contributed by atoms with Crippen LogP contribution in [0.1, 0.15) is 0 Å². The number of halogens is 7. The van der Waals surface area contributed by atoms with Crippen molar-refractivity contribution in [1.82, 2.24) is 0 Å². The second-order valence-corrected chi connectivity index (χ2v) is 3.84. The van der Waals surface area contributed by atoms with E-state index in [2.05, 4.69) is 13.8 Å². The Bertz CT molecular complexity index is 238. The molecule has 0 rings (SSSR count). The maximum Gasteiger partial charge on any atom is 0.506 e. The molecule has 0 aromatic heterocycles. The number of rotatable bonds is 5. The summed E-state index contributed by atoms with van der Waals surface area (Å²) in [4.78, 5) is 0. The first-order valence-electron chi connectivity index (χ1n) is 3.30. The molecule has 0 aliphatic carbocycles. The third-order valence-electron chi connectivity index (χ3n) is 0.857. The smallest absolute Gasteiger partial charge is 0.276 e. The highest BCUT2D eigenvalue weighted by Crippen LogP contribution is 2.51. The van der Waals surface area contributed by atoms with E-state index in [1.54, 1.807) is 0 Å². The number of hydrogen-bond acceptors (Lipinski definition) is 4. The lowest BCUT2D eigenvalue weighted by Gasteiger charge is -2.15. The largest absolute Gasteiger partial charge is 0.506 e. The number of hydrogen-bond donors (Lipinski definition) is 0. The van der Waals surface area contributed by atoms with Gasteiger partial charge in [-0.1, -0.05) is 4.73 Å². The van der Waals surface area contributed by atoms with Crippen molar-refractivity contribution < 1.29 is 49.2 Å². The first-order valence-corrected chi connectivity index (χ1v) is 4.76. The summed E-state index contributed by atoms with van der Waals surface area (Å²) in [5, 5.41) is 0. The van der Waals surface area contributed by atoms with Crippen molar-refractivity contribution in [1.29, 1.82) is 0 Å². The van der Waals surface area contributed by atoms with E-state index in [1.165, 1.54) is 0 Å². The van der Waals surface area contributed by atoms with Gasteiger partial charge in [0.2, 0.25) is 0 Å². The molecule has 0 aromatic rings. The molecule has 0 amide bonds. The van der Waals surface area contributed by atoms with Crippen LogP contribution >= 0.6 is 7.82 Å². The van der Waals surface area contributed by atoms with Crippen LogP contribution in [0, 0.1) is 0 Å². The van der Waals surface area contributed by atoms with Gasteiger partial charge in [-0.25, -0.2) is 4.57 Å². The number of alkyl halides is 6. The molecule has 0 radical (unpaired) electrons. The summed E-state index contributed by atoms with van der Waals surface area (Å²) < 4.78 is 99.9.